The van der Waals surface area contributed by atoms with Gasteiger partial charge in [0.1, 0.15) is 13.2 Å². The molecule has 63 heavy (non-hydrogen) atoms. The van der Waals surface area contributed by atoms with Gasteiger partial charge in [-0.3, -0.25) is 14.4 Å². The molecule has 0 rings (SSSR count). The number of rotatable bonds is 44. The van der Waals surface area contributed by atoms with Gasteiger partial charge in [-0.15, -0.1) is 0 Å². The number of hydrogen-bond acceptors (Lipinski definition) is 6. The van der Waals surface area contributed by atoms with Crippen LogP contribution in [0, 0.1) is 0 Å². The Morgan fingerprint density at radius 3 is 1.05 bits per heavy atom. The van der Waals surface area contributed by atoms with E-state index in [-0.39, 0.29) is 31.1 Å². The first-order valence-electron chi connectivity index (χ1n) is 25.5. The van der Waals surface area contributed by atoms with E-state index in [1.54, 1.807) is 0 Å². The zero-order chi connectivity index (χ0) is 45.8. The lowest BCUT2D eigenvalue weighted by Crippen LogP contribution is -2.30. The standard InChI is InChI=1S/C57H92O6/c1-4-7-10-13-16-19-22-25-27-28-29-30-33-35-38-41-44-47-50-56(59)62-53-54(52-61-55(58)49-46-43-40-37-34-31-24-21-18-15-12-9-6-3)63-57(60)51-48-45-42-39-36-32-26-23-20-17-14-11-8-5-2/h9-10,12-13,15-16,18-19,21-22,24-25,27-31,34,54H,4-8,11,14,17,20,23,26,32-33,35-53H2,1-3H3/b12-9-,13-10-,18-15-,19-16-,24-21-,25-22-,28-27-,30-29-,34-31-. The fraction of sp³-hybridized carbons (Fsp3) is 0.632. The largest absolute Gasteiger partial charge is 0.462 e. The van der Waals surface area contributed by atoms with Gasteiger partial charge >= 0.3 is 17.9 Å². The molecule has 6 nitrogen and oxygen atoms in total. The molecule has 0 heterocycles. The molecule has 0 aromatic carbocycles. The minimum atomic E-state index is -0.804. The summed E-state index contributed by atoms with van der Waals surface area (Å²) in [7, 11) is 0. The lowest BCUT2D eigenvalue weighted by Gasteiger charge is -2.18. The molecule has 0 amide bonds. The third-order valence-electron chi connectivity index (χ3n) is 10.5. The topological polar surface area (TPSA) is 78.9 Å². The van der Waals surface area contributed by atoms with Crippen LogP contribution in [-0.4, -0.2) is 37.2 Å². The average Bonchev–Trinajstić information content (AvgIpc) is 3.28. The molecule has 356 valence electrons. The van der Waals surface area contributed by atoms with Crippen molar-refractivity contribution in [3.05, 3.63) is 109 Å². The van der Waals surface area contributed by atoms with Crippen molar-refractivity contribution < 1.29 is 28.6 Å². The van der Waals surface area contributed by atoms with Crippen LogP contribution in [0.1, 0.15) is 213 Å². The second kappa shape index (κ2) is 50.7. The van der Waals surface area contributed by atoms with Gasteiger partial charge in [0.25, 0.3) is 0 Å². The van der Waals surface area contributed by atoms with Crippen LogP contribution in [0.3, 0.4) is 0 Å². The molecule has 0 N–H and O–H groups in total. The number of ether oxygens (including phenoxy) is 3. The minimum absolute atomic E-state index is 0.105. The minimum Gasteiger partial charge on any atom is -0.462 e. The third-order valence-corrected chi connectivity index (χ3v) is 10.5. The highest BCUT2D eigenvalue weighted by Gasteiger charge is 2.19. The number of unbranched alkanes of at least 4 members (excludes halogenated alkanes) is 22. The Kier molecular flexibility index (Phi) is 47.5. The van der Waals surface area contributed by atoms with E-state index in [1.165, 1.54) is 77.0 Å². The molecule has 0 aliphatic rings. The molecule has 0 bridgehead atoms. The number of allylic oxidation sites excluding steroid dienone is 18. The lowest BCUT2D eigenvalue weighted by atomic mass is 10.0. The monoisotopic (exact) mass is 873 g/mol. The van der Waals surface area contributed by atoms with E-state index in [4.69, 9.17) is 14.2 Å². The Balaban J connectivity index is 4.50. The van der Waals surface area contributed by atoms with Gasteiger partial charge in [0, 0.05) is 19.3 Å². The summed E-state index contributed by atoms with van der Waals surface area (Å²) >= 11 is 0. The van der Waals surface area contributed by atoms with Crippen molar-refractivity contribution in [3.8, 4) is 0 Å². The first-order chi connectivity index (χ1) is 31.0. The van der Waals surface area contributed by atoms with E-state index >= 15 is 0 Å². The Hall–Kier alpha value is -3.93. The maximum absolute atomic E-state index is 12.8. The Morgan fingerprint density at radius 1 is 0.333 bits per heavy atom. The van der Waals surface area contributed by atoms with Gasteiger partial charge in [0.05, 0.1) is 0 Å². The highest BCUT2D eigenvalue weighted by molar-refractivity contribution is 5.71. The Labute approximate surface area is 387 Å². The lowest BCUT2D eigenvalue weighted by molar-refractivity contribution is -0.167. The second-order valence-corrected chi connectivity index (χ2v) is 16.6. The molecule has 0 spiro atoms. The van der Waals surface area contributed by atoms with E-state index in [2.05, 4.69) is 63.3 Å². The van der Waals surface area contributed by atoms with Crippen molar-refractivity contribution in [2.24, 2.45) is 0 Å². The van der Waals surface area contributed by atoms with Gasteiger partial charge in [-0.25, -0.2) is 0 Å². The third kappa shape index (κ3) is 49.0. The SMILES string of the molecule is CC\C=C/C=C\C=C/C=C\CCCCCC(=O)OCC(COC(=O)CCCCCCC\C=C/C=C\C=C/C=C\C=C/CCC)OC(=O)CCCCCCCCCCCCCCCC. The van der Waals surface area contributed by atoms with Gasteiger partial charge in [-0.05, 0) is 57.8 Å². The summed E-state index contributed by atoms with van der Waals surface area (Å²) in [6, 6.07) is 0. The molecule has 0 aliphatic carbocycles. The summed E-state index contributed by atoms with van der Waals surface area (Å²) < 4.78 is 16.7. The van der Waals surface area contributed by atoms with Crippen LogP contribution in [-0.2, 0) is 28.6 Å². The molecule has 0 fully saturated rings. The molecule has 0 saturated carbocycles. The zero-order valence-electron chi connectivity index (χ0n) is 40.5. The summed E-state index contributed by atoms with van der Waals surface area (Å²) in [6.07, 6.45) is 67.8. The molecule has 1 unspecified atom stereocenters. The summed E-state index contributed by atoms with van der Waals surface area (Å²) in [5, 5.41) is 0. The number of hydrogen-bond donors (Lipinski definition) is 0. The van der Waals surface area contributed by atoms with Crippen molar-refractivity contribution in [1.29, 1.82) is 0 Å². The van der Waals surface area contributed by atoms with E-state index in [9.17, 15) is 14.4 Å². The molecule has 0 aliphatic heterocycles. The number of carbonyl (C=O) groups is 3. The van der Waals surface area contributed by atoms with Crippen molar-refractivity contribution in [2.75, 3.05) is 13.2 Å². The van der Waals surface area contributed by atoms with Crippen LogP contribution in [0.2, 0.25) is 0 Å². The Morgan fingerprint density at radius 2 is 0.651 bits per heavy atom. The molecule has 0 radical (unpaired) electrons. The van der Waals surface area contributed by atoms with Gasteiger partial charge in [-0.2, -0.15) is 0 Å². The molecular weight excluding hydrogens is 781 g/mol. The van der Waals surface area contributed by atoms with Gasteiger partial charge < -0.3 is 14.2 Å². The first-order valence-corrected chi connectivity index (χ1v) is 25.5. The fourth-order valence-electron chi connectivity index (χ4n) is 6.66. The molecular formula is C57H92O6. The fourth-order valence-corrected chi connectivity index (χ4v) is 6.66. The van der Waals surface area contributed by atoms with E-state index in [1.807, 2.05) is 66.8 Å². The smallest absolute Gasteiger partial charge is 0.306 e. The summed E-state index contributed by atoms with van der Waals surface area (Å²) in [5.41, 5.74) is 0. The molecule has 0 aromatic rings. The normalized spacial score (nSPS) is 13.0. The predicted octanol–water partition coefficient (Wildman–Crippen LogP) is 16.8. The molecule has 1 atom stereocenters. The van der Waals surface area contributed by atoms with Crippen molar-refractivity contribution in [1.82, 2.24) is 0 Å². The summed E-state index contributed by atoms with van der Waals surface area (Å²) in [4.78, 5) is 38.0. The van der Waals surface area contributed by atoms with E-state index < -0.39 is 6.10 Å². The maximum atomic E-state index is 12.8. The quantitative estimate of drug-likeness (QED) is 0.0263. The number of carbonyl (C=O) groups excluding carboxylic acids is 3. The van der Waals surface area contributed by atoms with Crippen molar-refractivity contribution >= 4 is 17.9 Å². The first kappa shape index (κ1) is 59.1. The summed E-state index contributed by atoms with van der Waals surface area (Å²) in [5.74, 6) is -0.971. The van der Waals surface area contributed by atoms with Crippen LogP contribution in [0.5, 0.6) is 0 Å². The average molecular weight is 873 g/mol. The van der Waals surface area contributed by atoms with Gasteiger partial charge in [0.15, 0.2) is 6.10 Å². The molecule has 6 heteroatoms. The highest BCUT2D eigenvalue weighted by atomic mass is 16.6. The van der Waals surface area contributed by atoms with E-state index in [0.29, 0.717) is 19.3 Å². The molecule has 0 aromatic heterocycles. The maximum Gasteiger partial charge on any atom is 0.306 e. The van der Waals surface area contributed by atoms with Gasteiger partial charge in [0.2, 0.25) is 0 Å². The van der Waals surface area contributed by atoms with Crippen LogP contribution < -0.4 is 0 Å². The van der Waals surface area contributed by atoms with Crippen molar-refractivity contribution in [3.63, 3.8) is 0 Å². The number of esters is 3. The zero-order valence-corrected chi connectivity index (χ0v) is 40.5. The van der Waals surface area contributed by atoms with Crippen LogP contribution in [0.4, 0.5) is 0 Å². The predicted molar refractivity (Wildman–Crippen MR) is 270 cm³/mol. The Bertz CT molecular complexity index is 1330. The molecule has 0 saturated heterocycles. The van der Waals surface area contributed by atoms with Crippen LogP contribution in [0.25, 0.3) is 0 Å². The van der Waals surface area contributed by atoms with Crippen LogP contribution in [0.15, 0.2) is 109 Å². The van der Waals surface area contributed by atoms with E-state index in [0.717, 1.165) is 96.3 Å². The van der Waals surface area contributed by atoms with Gasteiger partial charge in [-0.1, -0.05) is 246 Å². The highest BCUT2D eigenvalue weighted by Crippen LogP contribution is 2.15. The summed E-state index contributed by atoms with van der Waals surface area (Å²) in [6.45, 7) is 6.34. The second-order valence-electron chi connectivity index (χ2n) is 16.6. The van der Waals surface area contributed by atoms with Crippen molar-refractivity contribution in [2.45, 2.75) is 219 Å². The van der Waals surface area contributed by atoms with Crippen LogP contribution >= 0.6 is 0 Å².